The topological polar surface area (TPSA) is 66.8 Å². The van der Waals surface area contributed by atoms with Crippen LogP contribution in [0.25, 0.3) is 0 Å². The fourth-order valence-corrected chi connectivity index (χ4v) is 3.22. The molecule has 1 aliphatic heterocycles. The molecule has 1 aromatic rings. The molecule has 0 bridgehead atoms. The number of ether oxygens (including phenoxy) is 1. The maximum Gasteiger partial charge on any atom is 0.314 e. The van der Waals surface area contributed by atoms with E-state index in [4.69, 9.17) is 14.6 Å². The summed E-state index contributed by atoms with van der Waals surface area (Å²) < 4.78 is 5.04. The molecule has 26 heavy (non-hydrogen) atoms. The molecule has 0 aliphatic carbocycles. The summed E-state index contributed by atoms with van der Waals surface area (Å²) in [6.45, 7) is 8.50. The van der Waals surface area contributed by atoms with Gasteiger partial charge in [0.2, 0.25) is 0 Å². The molecular weight excluding hydrogens is 330 g/mol. The first-order valence-corrected chi connectivity index (χ1v) is 9.42. The first-order valence-electron chi connectivity index (χ1n) is 9.42. The van der Waals surface area contributed by atoms with Crippen molar-refractivity contribution in [1.82, 2.24) is 4.90 Å². The lowest BCUT2D eigenvalue weighted by molar-refractivity contribution is -0.143. The van der Waals surface area contributed by atoms with Crippen molar-refractivity contribution in [3.05, 3.63) is 35.4 Å². The van der Waals surface area contributed by atoms with Gasteiger partial charge in [-0.2, -0.15) is 0 Å². The second-order valence-electron chi connectivity index (χ2n) is 7.30. The minimum atomic E-state index is -0.833. The maximum atomic E-state index is 12.2. The predicted molar refractivity (Wildman–Crippen MR) is 103 cm³/mol. The molecule has 1 aliphatic rings. The van der Waals surface area contributed by atoms with Crippen LogP contribution in [0.1, 0.15) is 57.1 Å². The van der Waals surface area contributed by atoms with E-state index in [2.05, 4.69) is 43.0 Å². The van der Waals surface area contributed by atoms with Gasteiger partial charge in [-0.3, -0.25) is 9.59 Å². The van der Waals surface area contributed by atoms with Crippen molar-refractivity contribution >= 4 is 11.9 Å². The number of aliphatic carboxylic acids is 1. The molecule has 0 radical (unpaired) electrons. The summed E-state index contributed by atoms with van der Waals surface area (Å²) in [7, 11) is 1.48. The molecule has 146 valence electrons. The van der Waals surface area contributed by atoms with Crippen molar-refractivity contribution in [2.75, 3.05) is 26.7 Å². The van der Waals surface area contributed by atoms with E-state index in [1.165, 1.54) is 31.9 Å². The van der Waals surface area contributed by atoms with Crippen LogP contribution in [-0.2, 0) is 20.7 Å². The molecule has 0 amide bonds. The number of methoxy groups -OCH3 is 1. The lowest BCUT2D eigenvalue weighted by Gasteiger charge is -2.29. The minimum absolute atomic E-state index is 0.123. The van der Waals surface area contributed by atoms with E-state index in [1.807, 2.05) is 0 Å². The molecule has 1 aromatic carbocycles. The van der Waals surface area contributed by atoms with Crippen LogP contribution in [0.15, 0.2) is 24.3 Å². The van der Waals surface area contributed by atoms with Gasteiger partial charge in [-0.25, -0.2) is 0 Å². The van der Waals surface area contributed by atoms with Crippen molar-refractivity contribution < 1.29 is 19.4 Å². The van der Waals surface area contributed by atoms with Crippen LogP contribution in [-0.4, -0.2) is 48.7 Å². The summed E-state index contributed by atoms with van der Waals surface area (Å²) in [5.74, 6) is -0.478. The average molecular weight is 363 g/mol. The Morgan fingerprint density at radius 3 is 2.12 bits per heavy atom. The summed E-state index contributed by atoms with van der Waals surface area (Å²) in [6, 6.07) is 8.51. The highest BCUT2D eigenvalue weighted by atomic mass is 16.5. The van der Waals surface area contributed by atoms with Crippen LogP contribution in [0.2, 0.25) is 0 Å². The van der Waals surface area contributed by atoms with E-state index in [0.29, 0.717) is 5.92 Å². The fourth-order valence-electron chi connectivity index (χ4n) is 3.22. The maximum absolute atomic E-state index is 12.2. The number of rotatable bonds is 6. The summed E-state index contributed by atoms with van der Waals surface area (Å²) >= 11 is 0. The monoisotopic (exact) mass is 363 g/mol. The molecule has 0 spiro atoms. The summed E-state index contributed by atoms with van der Waals surface area (Å²) in [4.78, 5) is 23.6. The highest BCUT2D eigenvalue weighted by molar-refractivity contribution is 5.78. The van der Waals surface area contributed by atoms with E-state index in [1.54, 1.807) is 0 Å². The first kappa shape index (κ1) is 22.2. The minimum Gasteiger partial charge on any atom is -0.481 e. The number of nitrogens with zero attached hydrogens (tertiary/aromatic N) is 1. The number of piperidine rings is 1. The fraction of sp³-hybridized carbons (Fsp3) is 0.619. The number of carbonyl (C=O) groups is 2. The van der Waals surface area contributed by atoms with Gasteiger partial charge < -0.3 is 14.7 Å². The Hall–Kier alpha value is -1.88. The Labute approximate surface area is 157 Å². The number of likely N-dealkylation sites (tertiary alicyclic amines) is 1. The normalized spacial score (nSPS) is 15.7. The third-order valence-corrected chi connectivity index (χ3v) is 4.40. The van der Waals surface area contributed by atoms with Gasteiger partial charge in [0.05, 0.1) is 13.0 Å². The number of esters is 1. The number of carboxylic acid groups (broad SMARTS) is 1. The summed E-state index contributed by atoms with van der Waals surface area (Å²) in [5.41, 5.74) is 2.41. The van der Waals surface area contributed by atoms with Gasteiger partial charge in [0.1, 0.15) is 0 Å². The molecule has 1 N–H and O–H groups in total. The van der Waals surface area contributed by atoms with Crippen LogP contribution in [0.4, 0.5) is 0 Å². The van der Waals surface area contributed by atoms with Crippen molar-refractivity contribution in [3.63, 3.8) is 0 Å². The van der Waals surface area contributed by atoms with Gasteiger partial charge in [-0.15, -0.1) is 0 Å². The van der Waals surface area contributed by atoms with Crippen molar-refractivity contribution in [3.8, 4) is 0 Å². The number of carbonyl (C=O) groups excluding carboxylic acids is 1. The SMILES string of the molecule is CC(=O)O.COC(=O)C(CN1CCCCC1)c1ccc(CC(C)C)cc1. The molecule has 1 heterocycles. The molecule has 1 fully saturated rings. The highest BCUT2D eigenvalue weighted by Gasteiger charge is 2.25. The zero-order chi connectivity index (χ0) is 19.5. The average Bonchev–Trinajstić information content (AvgIpc) is 2.60. The molecule has 2 rings (SSSR count). The number of hydrogen-bond acceptors (Lipinski definition) is 4. The molecule has 5 heteroatoms. The lowest BCUT2D eigenvalue weighted by Crippen LogP contribution is -2.36. The quantitative estimate of drug-likeness (QED) is 0.780. The number of benzene rings is 1. The van der Waals surface area contributed by atoms with E-state index >= 15 is 0 Å². The second kappa shape index (κ2) is 11.7. The Balaban J connectivity index is 0.000000765. The molecule has 0 aromatic heterocycles. The zero-order valence-electron chi connectivity index (χ0n) is 16.5. The number of carboxylic acids is 1. The van der Waals surface area contributed by atoms with Gasteiger partial charge in [-0.1, -0.05) is 44.5 Å². The standard InChI is InChI=1S/C19H29NO2.C2H4O2/c1-15(2)13-16-7-9-17(10-8-16)18(19(21)22-3)14-20-11-5-4-6-12-20;1-2(3)4/h7-10,15,18H,4-6,11-14H2,1-3H3;1H3,(H,3,4). The lowest BCUT2D eigenvalue weighted by atomic mass is 9.94. The second-order valence-corrected chi connectivity index (χ2v) is 7.30. The molecular formula is C21H33NO4. The van der Waals surface area contributed by atoms with E-state index in [9.17, 15) is 4.79 Å². The van der Waals surface area contributed by atoms with Crippen molar-refractivity contribution in [1.29, 1.82) is 0 Å². The van der Waals surface area contributed by atoms with Crippen LogP contribution < -0.4 is 0 Å². The van der Waals surface area contributed by atoms with Crippen LogP contribution in [0.3, 0.4) is 0 Å². The third kappa shape index (κ3) is 8.48. The van der Waals surface area contributed by atoms with Crippen LogP contribution >= 0.6 is 0 Å². The summed E-state index contributed by atoms with van der Waals surface area (Å²) in [5, 5.41) is 7.42. The molecule has 5 nitrogen and oxygen atoms in total. The Kier molecular flexibility index (Phi) is 9.96. The number of hydrogen-bond donors (Lipinski definition) is 1. The highest BCUT2D eigenvalue weighted by Crippen LogP contribution is 2.22. The molecule has 0 saturated carbocycles. The Morgan fingerprint density at radius 2 is 1.65 bits per heavy atom. The van der Waals surface area contributed by atoms with Crippen LogP contribution in [0, 0.1) is 5.92 Å². The zero-order valence-corrected chi connectivity index (χ0v) is 16.5. The third-order valence-electron chi connectivity index (χ3n) is 4.40. The van der Waals surface area contributed by atoms with Gasteiger partial charge in [0.15, 0.2) is 0 Å². The van der Waals surface area contributed by atoms with Crippen molar-refractivity contribution in [2.45, 2.75) is 52.4 Å². The van der Waals surface area contributed by atoms with E-state index in [0.717, 1.165) is 38.5 Å². The van der Waals surface area contributed by atoms with Gasteiger partial charge in [0, 0.05) is 13.5 Å². The molecule has 1 saturated heterocycles. The Morgan fingerprint density at radius 1 is 1.12 bits per heavy atom. The molecule has 1 unspecified atom stereocenters. The molecule has 1 atom stereocenters. The van der Waals surface area contributed by atoms with Gasteiger partial charge in [-0.05, 0) is 49.4 Å². The summed E-state index contributed by atoms with van der Waals surface area (Å²) in [6.07, 6.45) is 4.86. The first-order chi connectivity index (χ1) is 12.3. The van der Waals surface area contributed by atoms with Crippen LogP contribution in [0.5, 0.6) is 0 Å². The predicted octanol–water partition coefficient (Wildman–Crippen LogP) is 3.72. The van der Waals surface area contributed by atoms with Gasteiger partial charge in [0.25, 0.3) is 5.97 Å². The van der Waals surface area contributed by atoms with E-state index < -0.39 is 5.97 Å². The van der Waals surface area contributed by atoms with Crippen molar-refractivity contribution in [2.24, 2.45) is 5.92 Å². The van der Waals surface area contributed by atoms with E-state index in [-0.39, 0.29) is 11.9 Å². The largest absolute Gasteiger partial charge is 0.481 e. The smallest absolute Gasteiger partial charge is 0.314 e. The van der Waals surface area contributed by atoms with Gasteiger partial charge >= 0.3 is 5.97 Å². The Bertz CT molecular complexity index is 544.